The van der Waals surface area contributed by atoms with Gasteiger partial charge in [-0.05, 0) is 42.8 Å². The molecule has 30 heavy (non-hydrogen) atoms. The van der Waals surface area contributed by atoms with Crippen molar-refractivity contribution in [3.05, 3.63) is 59.4 Å². The summed E-state index contributed by atoms with van der Waals surface area (Å²) in [5, 5.41) is 9.48. The molecule has 0 N–H and O–H groups in total. The third kappa shape index (κ3) is 4.49. The molecule has 2 aromatic carbocycles. The summed E-state index contributed by atoms with van der Waals surface area (Å²) in [6, 6.07) is 13.4. The zero-order chi connectivity index (χ0) is 20.9. The fourth-order valence-corrected chi connectivity index (χ4v) is 4.43. The highest BCUT2D eigenvalue weighted by atomic mass is 32.1. The van der Waals surface area contributed by atoms with Crippen LogP contribution in [0.4, 0.5) is 9.52 Å². The molecule has 0 aliphatic carbocycles. The molecule has 1 fully saturated rings. The number of nitriles is 1. The number of fused-ring (bicyclic) bond motifs is 1. The minimum Gasteiger partial charge on any atom is -0.379 e. The van der Waals surface area contributed by atoms with Crippen LogP contribution in [-0.4, -0.2) is 55.2 Å². The number of carbonyl (C=O) groups is 1. The topological polar surface area (TPSA) is 69.5 Å². The Bertz CT molecular complexity index is 1070. The number of ether oxygens (including phenoxy) is 1. The number of nitrogens with zero attached hydrogens (tertiary/aromatic N) is 4. The minimum atomic E-state index is -0.394. The lowest BCUT2D eigenvalue weighted by Gasteiger charge is -2.27. The Morgan fingerprint density at radius 1 is 1.23 bits per heavy atom. The molecule has 8 heteroatoms. The number of rotatable bonds is 6. The van der Waals surface area contributed by atoms with Crippen LogP contribution in [-0.2, 0) is 4.74 Å². The number of benzene rings is 2. The zero-order valence-corrected chi connectivity index (χ0v) is 17.2. The van der Waals surface area contributed by atoms with E-state index < -0.39 is 5.82 Å². The molecule has 2 heterocycles. The second-order valence-electron chi connectivity index (χ2n) is 7.04. The highest BCUT2D eigenvalue weighted by molar-refractivity contribution is 7.22. The number of hydrogen-bond acceptors (Lipinski definition) is 6. The Morgan fingerprint density at radius 3 is 2.70 bits per heavy atom. The van der Waals surface area contributed by atoms with E-state index in [0.29, 0.717) is 27.5 Å². The van der Waals surface area contributed by atoms with Crippen molar-refractivity contribution in [3.63, 3.8) is 0 Å². The molecule has 3 aromatic rings. The van der Waals surface area contributed by atoms with Crippen LogP contribution < -0.4 is 4.90 Å². The summed E-state index contributed by atoms with van der Waals surface area (Å²) in [4.78, 5) is 21.6. The fourth-order valence-electron chi connectivity index (χ4n) is 3.42. The lowest BCUT2D eigenvalue weighted by atomic mass is 10.1. The van der Waals surface area contributed by atoms with Crippen LogP contribution >= 0.6 is 11.3 Å². The number of para-hydroxylation sites is 1. The molecule has 1 saturated heterocycles. The maximum absolute atomic E-state index is 14.2. The van der Waals surface area contributed by atoms with E-state index in [4.69, 9.17) is 10.00 Å². The Hall–Kier alpha value is -2.86. The first-order valence-electron chi connectivity index (χ1n) is 9.83. The van der Waals surface area contributed by atoms with Crippen LogP contribution in [0.3, 0.4) is 0 Å². The standard InChI is InChI=1S/C22H21FN4O2S/c23-18-3-1-4-19-20(18)25-22(30-19)27(10-2-9-26-11-13-29-14-12-26)21(28)17-7-5-16(15-24)6-8-17/h1,3-8H,2,9-14H2. The van der Waals surface area contributed by atoms with Gasteiger partial charge < -0.3 is 4.74 Å². The molecule has 1 aliphatic heterocycles. The van der Waals surface area contributed by atoms with E-state index >= 15 is 0 Å². The van der Waals surface area contributed by atoms with Crippen LogP contribution in [0.5, 0.6) is 0 Å². The van der Waals surface area contributed by atoms with Gasteiger partial charge in [0.15, 0.2) is 5.13 Å². The monoisotopic (exact) mass is 424 g/mol. The van der Waals surface area contributed by atoms with E-state index in [-0.39, 0.29) is 11.4 Å². The highest BCUT2D eigenvalue weighted by Gasteiger charge is 2.22. The lowest BCUT2D eigenvalue weighted by Crippen LogP contribution is -2.39. The maximum atomic E-state index is 14.2. The number of hydrogen-bond donors (Lipinski definition) is 0. The first-order valence-corrected chi connectivity index (χ1v) is 10.6. The Morgan fingerprint density at radius 2 is 2.00 bits per heavy atom. The van der Waals surface area contributed by atoms with Crippen LogP contribution in [0.2, 0.25) is 0 Å². The number of anilines is 1. The van der Waals surface area contributed by atoms with Gasteiger partial charge in [-0.3, -0.25) is 14.6 Å². The number of aromatic nitrogens is 1. The number of thiazole rings is 1. The summed E-state index contributed by atoms with van der Waals surface area (Å²) in [5.41, 5.74) is 1.25. The van der Waals surface area contributed by atoms with E-state index in [1.807, 2.05) is 0 Å². The van der Waals surface area contributed by atoms with Gasteiger partial charge in [-0.25, -0.2) is 9.37 Å². The number of morpholine rings is 1. The van der Waals surface area contributed by atoms with Gasteiger partial charge in [0.2, 0.25) is 0 Å². The summed E-state index contributed by atoms with van der Waals surface area (Å²) in [5.74, 6) is -0.602. The van der Waals surface area contributed by atoms with Gasteiger partial charge in [0, 0.05) is 31.7 Å². The second-order valence-corrected chi connectivity index (χ2v) is 8.05. The highest BCUT2D eigenvalue weighted by Crippen LogP contribution is 2.31. The average Bonchev–Trinajstić information content (AvgIpc) is 3.22. The number of halogens is 1. The van der Waals surface area contributed by atoms with Crippen molar-refractivity contribution < 1.29 is 13.9 Å². The number of carbonyl (C=O) groups excluding carboxylic acids is 1. The van der Waals surface area contributed by atoms with Gasteiger partial charge in [-0.1, -0.05) is 17.4 Å². The van der Waals surface area contributed by atoms with Crippen LogP contribution in [0.25, 0.3) is 10.2 Å². The predicted octanol–water partition coefficient (Wildman–Crippen LogP) is 3.68. The van der Waals surface area contributed by atoms with Crippen LogP contribution in [0, 0.1) is 17.1 Å². The third-order valence-corrected chi connectivity index (χ3v) is 6.10. The van der Waals surface area contributed by atoms with Crippen molar-refractivity contribution >= 4 is 32.6 Å². The minimum absolute atomic E-state index is 0.207. The summed E-state index contributed by atoms with van der Waals surface area (Å²) in [6.07, 6.45) is 0.764. The first-order chi connectivity index (χ1) is 14.7. The van der Waals surface area contributed by atoms with Crippen molar-refractivity contribution in [1.82, 2.24) is 9.88 Å². The number of amides is 1. The molecule has 1 amide bonds. The largest absolute Gasteiger partial charge is 0.379 e. The molecule has 0 radical (unpaired) electrons. The van der Waals surface area contributed by atoms with Gasteiger partial charge in [-0.15, -0.1) is 0 Å². The molecule has 0 spiro atoms. The SMILES string of the molecule is N#Cc1ccc(C(=O)N(CCCN2CCOCC2)c2nc3c(F)cccc3s2)cc1. The molecule has 0 bridgehead atoms. The van der Waals surface area contributed by atoms with E-state index in [2.05, 4.69) is 16.0 Å². The molecule has 0 saturated carbocycles. The Labute approximate surface area is 178 Å². The Kier molecular flexibility index (Phi) is 6.33. The van der Waals surface area contributed by atoms with Gasteiger partial charge in [0.05, 0.1) is 29.5 Å². The quantitative estimate of drug-likeness (QED) is 0.604. The van der Waals surface area contributed by atoms with Gasteiger partial charge in [0.25, 0.3) is 5.91 Å². The third-order valence-electron chi connectivity index (χ3n) is 5.06. The molecule has 4 rings (SSSR count). The normalized spacial score (nSPS) is 14.5. The smallest absolute Gasteiger partial charge is 0.260 e. The molecule has 0 atom stereocenters. The molecule has 1 aliphatic rings. The van der Waals surface area contributed by atoms with E-state index in [9.17, 15) is 9.18 Å². The summed E-state index contributed by atoms with van der Waals surface area (Å²) >= 11 is 1.30. The molecule has 0 unspecified atom stereocenters. The lowest BCUT2D eigenvalue weighted by molar-refractivity contribution is 0.0376. The predicted molar refractivity (Wildman–Crippen MR) is 114 cm³/mol. The second kappa shape index (κ2) is 9.30. The molecular weight excluding hydrogens is 403 g/mol. The Balaban J connectivity index is 1.58. The summed E-state index contributed by atoms with van der Waals surface area (Å²) < 4.78 is 20.2. The van der Waals surface area contributed by atoms with Gasteiger partial charge >= 0.3 is 0 Å². The van der Waals surface area contributed by atoms with Crippen LogP contribution in [0.15, 0.2) is 42.5 Å². The van der Waals surface area contributed by atoms with Gasteiger partial charge in [0.1, 0.15) is 11.3 Å². The summed E-state index contributed by atoms with van der Waals surface area (Å²) in [6.45, 7) is 4.54. The van der Waals surface area contributed by atoms with Crippen molar-refractivity contribution in [3.8, 4) is 6.07 Å². The first kappa shape index (κ1) is 20.4. The maximum Gasteiger partial charge on any atom is 0.260 e. The van der Waals surface area contributed by atoms with Crippen molar-refractivity contribution in [2.24, 2.45) is 0 Å². The van der Waals surface area contributed by atoms with Crippen molar-refractivity contribution in [1.29, 1.82) is 5.26 Å². The van der Waals surface area contributed by atoms with Crippen molar-refractivity contribution in [2.45, 2.75) is 6.42 Å². The summed E-state index contributed by atoms with van der Waals surface area (Å²) in [7, 11) is 0. The molecule has 6 nitrogen and oxygen atoms in total. The average molecular weight is 425 g/mol. The zero-order valence-electron chi connectivity index (χ0n) is 16.4. The molecule has 1 aromatic heterocycles. The van der Waals surface area contributed by atoms with E-state index in [1.54, 1.807) is 41.3 Å². The van der Waals surface area contributed by atoms with Gasteiger partial charge in [-0.2, -0.15) is 5.26 Å². The van der Waals surface area contributed by atoms with Crippen LogP contribution in [0.1, 0.15) is 22.3 Å². The molecule has 154 valence electrons. The van der Waals surface area contributed by atoms with E-state index in [0.717, 1.165) is 39.3 Å². The van der Waals surface area contributed by atoms with E-state index in [1.165, 1.54) is 17.4 Å². The van der Waals surface area contributed by atoms with Crippen molar-refractivity contribution in [2.75, 3.05) is 44.3 Å². The molecular formula is C22H21FN4O2S. The fraction of sp³-hybridized carbons (Fsp3) is 0.318.